The van der Waals surface area contributed by atoms with Gasteiger partial charge in [0, 0.05) is 32.0 Å². The van der Waals surface area contributed by atoms with Gasteiger partial charge in [-0.05, 0) is 37.7 Å². The van der Waals surface area contributed by atoms with Crippen molar-refractivity contribution in [2.45, 2.75) is 77.3 Å². The molecule has 0 atom stereocenters. The van der Waals surface area contributed by atoms with Crippen LogP contribution >= 0.6 is 0 Å². The van der Waals surface area contributed by atoms with Crippen molar-refractivity contribution in [1.29, 1.82) is 0 Å². The van der Waals surface area contributed by atoms with E-state index in [-0.39, 0.29) is 11.6 Å². The highest BCUT2D eigenvalue weighted by Gasteiger charge is 2.28. The molecule has 1 amide bonds. The Bertz CT molecular complexity index is 888. The van der Waals surface area contributed by atoms with Crippen molar-refractivity contribution in [3.63, 3.8) is 0 Å². The predicted molar refractivity (Wildman–Crippen MR) is 117 cm³/mol. The number of carbonyl (C=O) groups excluding carboxylic acids is 1. The zero-order chi connectivity index (χ0) is 20.9. The Kier molecular flexibility index (Phi) is 6.70. The second-order valence-electron chi connectivity index (χ2n) is 8.87. The van der Waals surface area contributed by atoms with Crippen molar-refractivity contribution in [3.8, 4) is 0 Å². The number of aromatic nitrogens is 3. The summed E-state index contributed by atoms with van der Waals surface area (Å²) < 4.78 is 3.40. The SMILES string of the molecule is CCn1c(C2CCN(C(=O)CCC3CCCC3)CC2)nn(Cc2ccccc2)c1=O. The fraction of sp³-hybridized carbons (Fsp3) is 0.625. The van der Waals surface area contributed by atoms with Gasteiger partial charge < -0.3 is 4.90 Å². The van der Waals surface area contributed by atoms with E-state index >= 15 is 0 Å². The van der Waals surface area contributed by atoms with E-state index in [0.717, 1.165) is 49.7 Å². The molecule has 2 heterocycles. The summed E-state index contributed by atoms with van der Waals surface area (Å²) >= 11 is 0. The normalized spacial score (nSPS) is 18.2. The average Bonchev–Trinajstić information content (AvgIpc) is 3.41. The van der Waals surface area contributed by atoms with Crippen LogP contribution in [0.15, 0.2) is 35.1 Å². The predicted octanol–water partition coefficient (Wildman–Crippen LogP) is 3.79. The highest BCUT2D eigenvalue weighted by atomic mass is 16.2. The molecule has 1 aromatic carbocycles. The van der Waals surface area contributed by atoms with Crippen molar-refractivity contribution in [2.24, 2.45) is 5.92 Å². The van der Waals surface area contributed by atoms with Crippen LogP contribution in [0, 0.1) is 5.92 Å². The van der Waals surface area contributed by atoms with Crippen molar-refractivity contribution in [2.75, 3.05) is 13.1 Å². The summed E-state index contributed by atoms with van der Waals surface area (Å²) in [7, 11) is 0. The molecule has 6 nitrogen and oxygen atoms in total. The van der Waals surface area contributed by atoms with Crippen LogP contribution in [0.5, 0.6) is 0 Å². The summed E-state index contributed by atoms with van der Waals surface area (Å²) in [5, 5.41) is 4.72. The van der Waals surface area contributed by atoms with E-state index in [1.165, 1.54) is 25.7 Å². The van der Waals surface area contributed by atoms with E-state index in [2.05, 4.69) is 0 Å². The third kappa shape index (κ3) is 4.68. The number of carbonyl (C=O) groups is 1. The topological polar surface area (TPSA) is 60.1 Å². The number of amides is 1. The molecule has 30 heavy (non-hydrogen) atoms. The largest absolute Gasteiger partial charge is 0.346 e. The van der Waals surface area contributed by atoms with Gasteiger partial charge in [-0.1, -0.05) is 56.0 Å². The molecule has 1 aliphatic carbocycles. The maximum Gasteiger partial charge on any atom is 0.346 e. The molecule has 0 bridgehead atoms. The molecule has 2 aliphatic rings. The molecule has 1 saturated carbocycles. The minimum atomic E-state index is -0.0357. The van der Waals surface area contributed by atoms with E-state index in [1.807, 2.05) is 46.7 Å². The first-order valence-electron chi connectivity index (χ1n) is 11.6. The van der Waals surface area contributed by atoms with Crippen LogP contribution in [-0.4, -0.2) is 38.2 Å². The first kappa shape index (κ1) is 20.9. The van der Waals surface area contributed by atoms with Crippen LogP contribution in [0.2, 0.25) is 0 Å². The maximum absolute atomic E-state index is 12.9. The van der Waals surface area contributed by atoms with Gasteiger partial charge in [0.1, 0.15) is 5.82 Å². The van der Waals surface area contributed by atoms with E-state index in [9.17, 15) is 9.59 Å². The number of nitrogens with zero attached hydrogens (tertiary/aromatic N) is 4. The van der Waals surface area contributed by atoms with Crippen LogP contribution in [0.3, 0.4) is 0 Å². The molecule has 2 fully saturated rings. The Morgan fingerprint density at radius 2 is 1.77 bits per heavy atom. The molecular weight excluding hydrogens is 376 g/mol. The Balaban J connectivity index is 1.37. The van der Waals surface area contributed by atoms with E-state index < -0.39 is 0 Å². The molecule has 4 rings (SSSR count). The average molecular weight is 411 g/mol. The highest BCUT2D eigenvalue weighted by molar-refractivity contribution is 5.76. The molecule has 1 saturated heterocycles. The highest BCUT2D eigenvalue weighted by Crippen LogP contribution is 2.30. The Hall–Kier alpha value is -2.37. The zero-order valence-electron chi connectivity index (χ0n) is 18.1. The second-order valence-corrected chi connectivity index (χ2v) is 8.87. The summed E-state index contributed by atoms with van der Waals surface area (Å²) in [6.45, 7) is 4.68. The van der Waals surface area contributed by atoms with Crippen LogP contribution in [-0.2, 0) is 17.9 Å². The Labute approximate surface area is 178 Å². The number of hydrogen-bond donors (Lipinski definition) is 0. The Morgan fingerprint density at radius 3 is 2.43 bits per heavy atom. The molecule has 1 aromatic heterocycles. The van der Waals surface area contributed by atoms with Gasteiger partial charge in [-0.15, -0.1) is 0 Å². The van der Waals surface area contributed by atoms with E-state index in [4.69, 9.17) is 5.10 Å². The summed E-state index contributed by atoms with van der Waals surface area (Å²) in [6.07, 6.45) is 8.79. The Morgan fingerprint density at radius 1 is 1.07 bits per heavy atom. The van der Waals surface area contributed by atoms with Gasteiger partial charge in [-0.2, -0.15) is 5.10 Å². The molecule has 1 aliphatic heterocycles. The molecule has 2 aromatic rings. The summed E-state index contributed by atoms with van der Waals surface area (Å²) in [6, 6.07) is 9.99. The van der Waals surface area contributed by atoms with Gasteiger partial charge in [0.25, 0.3) is 0 Å². The van der Waals surface area contributed by atoms with Crippen LogP contribution in [0.25, 0.3) is 0 Å². The van der Waals surface area contributed by atoms with Gasteiger partial charge in [0.2, 0.25) is 5.91 Å². The van der Waals surface area contributed by atoms with Crippen molar-refractivity contribution in [1.82, 2.24) is 19.2 Å². The lowest BCUT2D eigenvalue weighted by Crippen LogP contribution is -2.38. The first-order chi connectivity index (χ1) is 14.7. The van der Waals surface area contributed by atoms with Gasteiger partial charge in [-0.25, -0.2) is 9.48 Å². The number of piperidine rings is 1. The van der Waals surface area contributed by atoms with E-state index in [1.54, 1.807) is 4.68 Å². The van der Waals surface area contributed by atoms with Crippen molar-refractivity contribution >= 4 is 5.91 Å². The third-order valence-corrected chi connectivity index (χ3v) is 6.90. The van der Waals surface area contributed by atoms with Gasteiger partial charge in [0.15, 0.2) is 0 Å². The minimum Gasteiger partial charge on any atom is -0.343 e. The van der Waals surface area contributed by atoms with Gasteiger partial charge >= 0.3 is 5.69 Å². The number of hydrogen-bond acceptors (Lipinski definition) is 3. The molecular formula is C24H34N4O2. The maximum atomic E-state index is 12.9. The third-order valence-electron chi connectivity index (χ3n) is 6.90. The molecule has 162 valence electrons. The number of benzene rings is 1. The quantitative estimate of drug-likeness (QED) is 0.698. The first-order valence-corrected chi connectivity index (χ1v) is 11.6. The minimum absolute atomic E-state index is 0.0357. The lowest BCUT2D eigenvalue weighted by Gasteiger charge is -2.32. The van der Waals surface area contributed by atoms with Gasteiger partial charge in [-0.3, -0.25) is 9.36 Å². The van der Waals surface area contributed by atoms with Crippen molar-refractivity contribution in [3.05, 3.63) is 52.2 Å². The van der Waals surface area contributed by atoms with Gasteiger partial charge in [0.05, 0.1) is 6.54 Å². The number of likely N-dealkylation sites (tertiary alicyclic amines) is 1. The molecule has 0 spiro atoms. The molecule has 6 heteroatoms. The molecule has 0 N–H and O–H groups in total. The van der Waals surface area contributed by atoms with Crippen LogP contribution in [0.4, 0.5) is 0 Å². The summed E-state index contributed by atoms with van der Waals surface area (Å²) in [5.41, 5.74) is 1.04. The van der Waals surface area contributed by atoms with Crippen LogP contribution < -0.4 is 5.69 Å². The van der Waals surface area contributed by atoms with E-state index in [0.29, 0.717) is 25.4 Å². The summed E-state index contributed by atoms with van der Waals surface area (Å²) in [5.74, 6) is 2.20. The van der Waals surface area contributed by atoms with Crippen LogP contribution in [0.1, 0.15) is 75.6 Å². The lowest BCUT2D eigenvalue weighted by molar-refractivity contribution is -0.132. The number of rotatable bonds is 7. The monoisotopic (exact) mass is 410 g/mol. The zero-order valence-corrected chi connectivity index (χ0v) is 18.1. The summed E-state index contributed by atoms with van der Waals surface area (Å²) in [4.78, 5) is 27.5. The molecule has 0 unspecified atom stereocenters. The van der Waals surface area contributed by atoms with Crippen molar-refractivity contribution < 1.29 is 4.79 Å². The second kappa shape index (κ2) is 9.63. The standard InChI is InChI=1S/C24H34N4O2/c1-2-27-23(25-28(24(27)30)18-20-10-4-3-5-11-20)21-14-16-26(17-15-21)22(29)13-12-19-8-6-7-9-19/h3-5,10-11,19,21H,2,6-9,12-18H2,1H3. The smallest absolute Gasteiger partial charge is 0.343 e. The molecule has 0 radical (unpaired) electrons. The lowest BCUT2D eigenvalue weighted by atomic mass is 9.95. The fourth-order valence-corrected chi connectivity index (χ4v) is 5.09. The fourth-order valence-electron chi connectivity index (χ4n) is 5.09.